The number of nitrogens with one attached hydrogen (secondary N) is 1. The third-order valence-corrected chi connectivity index (χ3v) is 6.07. The number of urea groups is 1. The number of hydrogen-bond donors (Lipinski definition) is 1. The lowest BCUT2D eigenvalue weighted by Crippen LogP contribution is -2.39. The topological polar surface area (TPSA) is 70.8 Å². The molecule has 2 fully saturated rings. The second kappa shape index (κ2) is 9.23. The summed E-state index contributed by atoms with van der Waals surface area (Å²) in [5.74, 6) is 0.202. The summed E-state index contributed by atoms with van der Waals surface area (Å²) in [7, 11) is 0. The predicted octanol–water partition coefficient (Wildman–Crippen LogP) is 4.82. The zero-order valence-electron chi connectivity index (χ0n) is 18.6. The van der Waals surface area contributed by atoms with E-state index in [0.717, 1.165) is 24.1 Å². The van der Waals surface area contributed by atoms with Gasteiger partial charge in [0.15, 0.2) is 0 Å². The van der Waals surface area contributed by atoms with Gasteiger partial charge in [-0.3, -0.25) is 0 Å². The van der Waals surface area contributed by atoms with E-state index in [-0.39, 0.29) is 24.4 Å². The summed E-state index contributed by atoms with van der Waals surface area (Å²) in [5, 5.41) is 7.25. The van der Waals surface area contributed by atoms with Crippen molar-refractivity contribution in [1.82, 2.24) is 10.1 Å². The van der Waals surface area contributed by atoms with Gasteiger partial charge in [0, 0.05) is 30.4 Å². The fourth-order valence-corrected chi connectivity index (χ4v) is 4.08. The molecule has 8 heteroatoms. The van der Waals surface area contributed by atoms with Crippen molar-refractivity contribution >= 4 is 17.6 Å². The molecule has 1 saturated carbocycles. The molecule has 1 aliphatic heterocycles. The van der Waals surface area contributed by atoms with E-state index in [9.17, 15) is 9.18 Å². The monoisotopic (exact) mass is 450 g/mol. The number of morpholine rings is 1. The van der Waals surface area contributed by atoms with Crippen molar-refractivity contribution in [3.05, 3.63) is 65.5 Å². The predicted molar refractivity (Wildman–Crippen MR) is 124 cm³/mol. The zero-order chi connectivity index (χ0) is 22.8. The van der Waals surface area contributed by atoms with Gasteiger partial charge in [-0.25, -0.2) is 9.18 Å². The second-order valence-corrected chi connectivity index (χ2v) is 8.55. The van der Waals surface area contributed by atoms with Crippen LogP contribution in [0, 0.1) is 12.7 Å². The Morgan fingerprint density at radius 3 is 2.58 bits per heavy atom. The molecule has 3 aromatic rings. The summed E-state index contributed by atoms with van der Waals surface area (Å²) >= 11 is 0. The normalized spacial score (nSPS) is 16.0. The van der Waals surface area contributed by atoms with Crippen LogP contribution in [0.2, 0.25) is 0 Å². The second-order valence-electron chi connectivity index (χ2n) is 8.55. The van der Waals surface area contributed by atoms with Gasteiger partial charge in [0.05, 0.1) is 25.3 Å². The highest BCUT2D eigenvalue weighted by molar-refractivity contribution is 5.90. The zero-order valence-corrected chi connectivity index (χ0v) is 18.6. The van der Waals surface area contributed by atoms with Gasteiger partial charge in [-0.2, -0.15) is 0 Å². The summed E-state index contributed by atoms with van der Waals surface area (Å²) in [6.45, 7) is 4.74. The molecule has 2 heterocycles. The average molecular weight is 451 g/mol. The van der Waals surface area contributed by atoms with E-state index in [2.05, 4.69) is 15.4 Å². The summed E-state index contributed by atoms with van der Waals surface area (Å²) in [5.41, 5.74) is 3.38. The van der Waals surface area contributed by atoms with Crippen LogP contribution in [0.15, 0.2) is 53.1 Å². The van der Waals surface area contributed by atoms with Gasteiger partial charge in [-0.05, 0) is 44.0 Å². The minimum absolute atomic E-state index is 0.136. The van der Waals surface area contributed by atoms with Crippen molar-refractivity contribution in [2.45, 2.75) is 32.4 Å². The Morgan fingerprint density at radius 1 is 1.15 bits per heavy atom. The standard InChI is InChI=1S/C25H27FN4O3/c1-17-6-8-18(9-7-17)27-25(31)30(19-10-11-19)16-21-23(20-4-2-3-5-22(20)26)28-33-24(21)29-12-14-32-15-13-29/h2-9,19H,10-16H2,1H3,(H,27,31). The first kappa shape index (κ1) is 21.5. The molecule has 0 atom stereocenters. The molecule has 2 aliphatic rings. The summed E-state index contributed by atoms with van der Waals surface area (Å²) in [6.07, 6.45) is 1.88. The van der Waals surface area contributed by atoms with E-state index in [1.807, 2.05) is 31.2 Å². The van der Waals surface area contributed by atoms with E-state index in [1.54, 1.807) is 23.1 Å². The maximum absolute atomic E-state index is 14.7. The summed E-state index contributed by atoms with van der Waals surface area (Å²) in [6, 6.07) is 14.2. The highest BCUT2D eigenvalue weighted by atomic mass is 19.1. The van der Waals surface area contributed by atoms with Crippen LogP contribution < -0.4 is 10.2 Å². The molecule has 2 aromatic carbocycles. The average Bonchev–Trinajstić information content (AvgIpc) is 3.59. The lowest BCUT2D eigenvalue weighted by atomic mass is 10.1. The third kappa shape index (κ3) is 4.71. The first-order valence-corrected chi connectivity index (χ1v) is 11.3. The maximum atomic E-state index is 14.7. The Kier molecular flexibility index (Phi) is 6.00. The Hall–Kier alpha value is -3.39. The van der Waals surface area contributed by atoms with E-state index in [0.29, 0.717) is 49.0 Å². The number of amides is 2. The number of ether oxygens (including phenoxy) is 1. The van der Waals surface area contributed by atoms with Crippen LogP contribution >= 0.6 is 0 Å². The van der Waals surface area contributed by atoms with Gasteiger partial charge in [0.1, 0.15) is 11.5 Å². The Labute approximate surface area is 192 Å². The van der Waals surface area contributed by atoms with Crippen LogP contribution in [-0.4, -0.2) is 48.4 Å². The molecule has 172 valence electrons. The highest BCUT2D eigenvalue weighted by Gasteiger charge is 2.36. The smallest absolute Gasteiger partial charge is 0.322 e. The number of rotatable bonds is 6. The first-order valence-electron chi connectivity index (χ1n) is 11.3. The van der Waals surface area contributed by atoms with E-state index in [4.69, 9.17) is 9.26 Å². The summed E-state index contributed by atoms with van der Waals surface area (Å²) in [4.78, 5) is 17.1. The number of halogens is 1. The molecular formula is C25H27FN4O3. The lowest BCUT2D eigenvalue weighted by Gasteiger charge is -2.28. The molecule has 0 bridgehead atoms. The largest absolute Gasteiger partial charge is 0.378 e. The van der Waals surface area contributed by atoms with Gasteiger partial charge in [-0.1, -0.05) is 35.0 Å². The van der Waals surface area contributed by atoms with Crippen LogP contribution in [0.5, 0.6) is 0 Å². The molecule has 0 unspecified atom stereocenters. The van der Waals surface area contributed by atoms with Gasteiger partial charge in [0.2, 0.25) is 5.88 Å². The fourth-order valence-electron chi connectivity index (χ4n) is 4.08. The summed E-state index contributed by atoms with van der Waals surface area (Å²) < 4.78 is 25.9. The van der Waals surface area contributed by atoms with E-state index < -0.39 is 0 Å². The van der Waals surface area contributed by atoms with Crippen molar-refractivity contribution < 1.29 is 18.4 Å². The number of anilines is 2. The number of aromatic nitrogens is 1. The number of carbonyl (C=O) groups is 1. The molecule has 33 heavy (non-hydrogen) atoms. The third-order valence-electron chi connectivity index (χ3n) is 6.07. The van der Waals surface area contributed by atoms with Gasteiger partial charge in [0.25, 0.3) is 0 Å². The number of carbonyl (C=O) groups excluding carboxylic acids is 1. The molecule has 1 aromatic heterocycles. The molecule has 2 amide bonds. The van der Waals surface area contributed by atoms with Crippen LogP contribution in [0.4, 0.5) is 20.8 Å². The van der Waals surface area contributed by atoms with Crippen LogP contribution in [0.3, 0.4) is 0 Å². The minimum Gasteiger partial charge on any atom is -0.378 e. The van der Waals surface area contributed by atoms with Gasteiger partial charge in [-0.15, -0.1) is 0 Å². The molecule has 0 spiro atoms. The molecule has 5 rings (SSSR count). The fraction of sp³-hybridized carbons (Fsp3) is 0.360. The van der Waals surface area contributed by atoms with Crippen molar-refractivity contribution in [2.24, 2.45) is 0 Å². The van der Waals surface area contributed by atoms with Gasteiger partial charge < -0.3 is 24.4 Å². The Bertz CT molecular complexity index is 1120. The highest BCUT2D eigenvalue weighted by Crippen LogP contribution is 2.37. The van der Waals surface area contributed by atoms with E-state index >= 15 is 0 Å². The minimum atomic E-state index is -0.373. The van der Waals surface area contributed by atoms with Crippen molar-refractivity contribution in [3.63, 3.8) is 0 Å². The number of nitrogens with zero attached hydrogens (tertiary/aromatic N) is 3. The number of aryl methyl sites for hydroxylation is 1. The Balaban J connectivity index is 1.47. The quantitative estimate of drug-likeness (QED) is 0.583. The first-order chi connectivity index (χ1) is 16.1. The van der Waals surface area contributed by atoms with Crippen molar-refractivity contribution in [1.29, 1.82) is 0 Å². The molecule has 1 aliphatic carbocycles. The molecule has 1 saturated heterocycles. The molecule has 1 N–H and O–H groups in total. The molecule has 7 nitrogen and oxygen atoms in total. The maximum Gasteiger partial charge on any atom is 0.322 e. The lowest BCUT2D eigenvalue weighted by molar-refractivity contribution is 0.120. The van der Waals surface area contributed by atoms with Crippen LogP contribution in [0.1, 0.15) is 24.0 Å². The SMILES string of the molecule is Cc1ccc(NC(=O)N(Cc2c(-c3ccccc3F)noc2N2CCOCC2)C2CC2)cc1. The molecular weight excluding hydrogens is 423 g/mol. The van der Waals surface area contributed by atoms with Crippen molar-refractivity contribution in [2.75, 3.05) is 36.5 Å². The van der Waals surface area contributed by atoms with Crippen LogP contribution in [-0.2, 0) is 11.3 Å². The number of benzene rings is 2. The Morgan fingerprint density at radius 2 is 1.88 bits per heavy atom. The van der Waals surface area contributed by atoms with Crippen LogP contribution in [0.25, 0.3) is 11.3 Å². The van der Waals surface area contributed by atoms with Crippen molar-refractivity contribution in [3.8, 4) is 11.3 Å². The van der Waals surface area contributed by atoms with Gasteiger partial charge >= 0.3 is 6.03 Å². The molecule has 0 radical (unpaired) electrons. The number of hydrogen-bond acceptors (Lipinski definition) is 5. The van der Waals surface area contributed by atoms with E-state index in [1.165, 1.54) is 6.07 Å².